The zero-order valence-corrected chi connectivity index (χ0v) is 18.1. The lowest BCUT2D eigenvalue weighted by atomic mass is 9.89. The molecule has 152 valence electrons. The number of benzene rings is 1. The van der Waals surface area contributed by atoms with Crippen LogP contribution in [0.4, 0.5) is 0 Å². The molecule has 0 spiro atoms. The smallest absolute Gasteiger partial charge is 0.309 e. The maximum atomic E-state index is 11.3. The van der Waals surface area contributed by atoms with Crippen molar-refractivity contribution >= 4 is 5.97 Å². The van der Waals surface area contributed by atoms with E-state index in [9.17, 15) is 9.90 Å². The first-order valence-electron chi connectivity index (χ1n) is 11.0. The van der Waals surface area contributed by atoms with Crippen molar-refractivity contribution in [2.75, 3.05) is 0 Å². The molecular weight excluding hydrogens is 332 g/mol. The number of carboxylic acids is 1. The Hall–Kier alpha value is -1.31. The number of rotatable bonds is 12. The number of hydrogen-bond donors (Lipinski definition) is 1. The van der Waals surface area contributed by atoms with E-state index in [2.05, 4.69) is 45.9 Å². The van der Waals surface area contributed by atoms with Crippen LogP contribution in [0.1, 0.15) is 102 Å². The van der Waals surface area contributed by atoms with Gasteiger partial charge in [0.05, 0.1) is 5.41 Å². The van der Waals surface area contributed by atoms with Crippen molar-refractivity contribution < 1.29 is 9.90 Å². The Labute approximate surface area is 166 Å². The van der Waals surface area contributed by atoms with E-state index in [1.807, 2.05) is 0 Å². The van der Waals surface area contributed by atoms with Gasteiger partial charge in [0, 0.05) is 0 Å². The van der Waals surface area contributed by atoms with Gasteiger partial charge in [0.25, 0.3) is 0 Å². The third kappa shape index (κ3) is 7.68. The fourth-order valence-corrected chi connectivity index (χ4v) is 4.06. The van der Waals surface area contributed by atoms with Crippen molar-refractivity contribution in [3.05, 3.63) is 34.9 Å². The van der Waals surface area contributed by atoms with Gasteiger partial charge in [-0.2, -0.15) is 0 Å². The minimum Gasteiger partial charge on any atom is -0.481 e. The Balaban J connectivity index is 1.72. The van der Waals surface area contributed by atoms with Crippen LogP contribution < -0.4 is 0 Å². The lowest BCUT2D eigenvalue weighted by Gasteiger charge is -2.17. The summed E-state index contributed by atoms with van der Waals surface area (Å²) in [5, 5.41) is 9.27. The van der Waals surface area contributed by atoms with Gasteiger partial charge in [-0.25, -0.2) is 0 Å². The van der Waals surface area contributed by atoms with Gasteiger partial charge in [0.15, 0.2) is 0 Å². The number of carboxylic acid groups (broad SMARTS) is 1. The molecule has 1 saturated carbocycles. The Morgan fingerprint density at radius 3 is 2.19 bits per heavy atom. The summed E-state index contributed by atoms with van der Waals surface area (Å²) in [4.78, 5) is 11.3. The van der Waals surface area contributed by atoms with E-state index in [0.717, 1.165) is 38.5 Å². The van der Waals surface area contributed by atoms with E-state index < -0.39 is 5.97 Å². The van der Waals surface area contributed by atoms with Crippen molar-refractivity contribution in [2.24, 2.45) is 10.8 Å². The van der Waals surface area contributed by atoms with E-state index in [1.54, 1.807) is 0 Å². The summed E-state index contributed by atoms with van der Waals surface area (Å²) in [6.45, 7) is 9.16. The highest BCUT2D eigenvalue weighted by Gasteiger charge is 2.49. The van der Waals surface area contributed by atoms with Crippen LogP contribution in [0.15, 0.2) is 18.2 Å². The second-order valence-electron chi connectivity index (χ2n) is 10.0. The Morgan fingerprint density at radius 1 is 0.963 bits per heavy atom. The predicted octanol–water partition coefficient (Wildman–Crippen LogP) is 7.11. The number of carbonyl (C=O) groups is 1. The summed E-state index contributed by atoms with van der Waals surface area (Å²) < 4.78 is 0. The molecule has 0 aliphatic heterocycles. The maximum absolute atomic E-state index is 11.3. The first kappa shape index (κ1) is 22.0. The van der Waals surface area contributed by atoms with Crippen LogP contribution in [0.25, 0.3) is 0 Å². The molecule has 2 nitrogen and oxygen atoms in total. The van der Waals surface area contributed by atoms with Crippen LogP contribution in [-0.2, 0) is 17.6 Å². The van der Waals surface area contributed by atoms with Crippen LogP contribution in [-0.4, -0.2) is 11.1 Å². The van der Waals surface area contributed by atoms with E-state index in [-0.39, 0.29) is 5.41 Å². The average molecular weight is 373 g/mol. The van der Waals surface area contributed by atoms with Crippen LogP contribution >= 0.6 is 0 Å². The van der Waals surface area contributed by atoms with Crippen LogP contribution in [0.2, 0.25) is 0 Å². The maximum Gasteiger partial charge on any atom is 0.309 e. The normalized spacial score (nSPS) is 15.7. The second-order valence-corrected chi connectivity index (χ2v) is 10.0. The molecule has 0 heterocycles. The summed E-state index contributed by atoms with van der Waals surface area (Å²) in [6.07, 6.45) is 13.6. The van der Waals surface area contributed by atoms with E-state index in [0.29, 0.717) is 5.41 Å². The summed E-state index contributed by atoms with van der Waals surface area (Å²) >= 11 is 0. The van der Waals surface area contributed by atoms with Gasteiger partial charge in [0.1, 0.15) is 0 Å². The molecule has 0 saturated heterocycles. The topological polar surface area (TPSA) is 37.3 Å². The Morgan fingerprint density at radius 2 is 1.59 bits per heavy atom. The van der Waals surface area contributed by atoms with Crippen molar-refractivity contribution in [3.8, 4) is 0 Å². The summed E-state index contributed by atoms with van der Waals surface area (Å²) in [5.41, 5.74) is 4.51. The van der Waals surface area contributed by atoms with Crippen LogP contribution in [0.3, 0.4) is 0 Å². The molecule has 0 atom stereocenters. The molecule has 0 aromatic heterocycles. The predicted molar refractivity (Wildman–Crippen MR) is 114 cm³/mol. The molecule has 27 heavy (non-hydrogen) atoms. The number of hydrogen-bond acceptors (Lipinski definition) is 1. The third-order valence-corrected chi connectivity index (χ3v) is 6.14. The van der Waals surface area contributed by atoms with Gasteiger partial charge in [-0.05, 0) is 74.8 Å². The molecule has 1 aliphatic rings. The van der Waals surface area contributed by atoms with Crippen LogP contribution in [0, 0.1) is 17.8 Å². The first-order chi connectivity index (χ1) is 12.7. The monoisotopic (exact) mass is 372 g/mol. The highest BCUT2D eigenvalue weighted by molar-refractivity contribution is 5.77. The van der Waals surface area contributed by atoms with Crippen molar-refractivity contribution in [1.82, 2.24) is 0 Å². The molecule has 1 aromatic carbocycles. The number of aliphatic carboxylic acids is 1. The first-order valence-corrected chi connectivity index (χ1v) is 11.0. The minimum absolute atomic E-state index is 0.346. The van der Waals surface area contributed by atoms with Crippen molar-refractivity contribution in [2.45, 2.75) is 105 Å². The lowest BCUT2D eigenvalue weighted by Crippen LogP contribution is -2.14. The van der Waals surface area contributed by atoms with Crippen molar-refractivity contribution in [3.63, 3.8) is 0 Å². The van der Waals surface area contributed by atoms with Gasteiger partial charge < -0.3 is 5.11 Å². The number of unbranched alkanes of at least 4 members (excludes halogenated alkanes) is 4. The zero-order chi connectivity index (χ0) is 19.9. The zero-order valence-electron chi connectivity index (χ0n) is 18.1. The average Bonchev–Trinajstić information content (AvgIpc) is 3.36. The second kappa shape index (κ2) is 9.75. The van der Waals surface area contributed by atoms with Gasteiger partial charge in [0.2, 0.25) is 0 Å². The summed E-state index contributed by atoms with van der Waals surface area (Å²) in [7, 11) is 0. The van der Waals surface area contributed by atoms with E-state index in [1.165, 1.54) is 55.2 Å². The molecular formula is C25H40O2. The Kier molecular flexibility index (Phi) is 7.94. The highest BCUT2D eigenvalue weighted by atomic mass is 16.4. The van der Waals surface area contributed by atoms with E-state index in [4.69, 9.17) is 0 Å². The summed E-state index contributed by atoms with van der Waals surface area (Å²) in [6, 6.07) is 6.94. The molecule has 1 aromatic rings. The minimum atomic E-state index is -0.574. The Bertz CT molecular complexity index is 605. The van der Waals surface area contributed by atoms with Crippen molar-refractivity contribution in [1.29, 1.82) is 0 Å². The molecule has 0 radical (unpaired) electrons. The van der Waals surface area contributed by atoms with Gasteiger partial charge in [-0.3, -0.25) is 4.79 Å². The molecule has 2 heteroatoms. The highest BCUT2D eigenvalue weighted by Crippen LogP contribution is 2.50. The van der Waals surface area contributed by atoms with Gasteiger partial charge in [-0.15, -0.1) is 0 Å². The largest absolute Gasteiger partial charge is 0.481 e. The quantitative estimate of drug-likeness (QED) is 0.397. The molecule has 1 aliphatic carbocycles. The number of aryl methyl sites for hydroxylation is 3. The lowest BCUT2D eigenvalue weighted by molar-refractivity contribution is -0.143. The molecule has 0 amide bonds. The standard InChI is InChI=1S/C25H40O2/c1-20-13-14-21(11-7-5-9-15-24(2,3)4)22(19-20)12-8-6-10-16-25(17-18-25)23(26)27/h13-14,19H,5-12,15-18H2,1-4H3,(H,26,27). The molecule has 1 N–H and O–H groups in total. The van der Waals surface area contributed by atoms with Crippen LogP contribution in [0.5, 0.6) is 0 Å². The molecule has 0 unspecified atom stereocenters. The molecule has 0 bridgehead atoms. The van der Waals surface area contributed by atoms with Gasteiger partial charge >= 0.3 is 5.97 Å². The van der Waals surface area contributed by atoms with Gasteiger partial charge in [-0.1, -0.05) is 70.2 Å². The summed E-state index contributed by atoms with van der Waals surface area (Å²) in [5.74, 6) is -0.574. The molecule has 1 fully saturated rings. The third-order valence-electron chi connectivity index (χ3n) is 6.14. The SMILES string of the molecule is Cc1ccc(CCCCCC(C)(C)C)c(CCCCCC2(C(=O)O)CC2)c1. The fraction of sp³-hybridized carbons (Fsp3) is 0.720. The fourth-order valence-electron chi connectivity index (χ4n) is 4.06. The van der Waals surface area contributed by atoms with E-state index >= 15 is 0 Å². The molecule has 2 rings (SSSR count).